The molecule has 0 radical (unpaired) electrons. The van der Waals surface area contributed by atoms with Gasteiger partial charge in [-0.3, -0.25) is 4.79 Å². The molecule has 1 saturated heterocycles. The highest BCUT2D eigenvalue weighted by atomic mass is 16.5. The molecule has 0 bridgehead atoms. The van der Waals surface area contributed by atoms with Crippen molar-refractivity contribution in [2.24, 2.45) is 0 Å². The summed E-state index contributed by atoms with van der Waals surface area (Å²) in [6.45, 7) is 4.29. The fourth-order valence-corrected chi connectivity index (χ4v) is 4.76. The monoisotopic (exact) mass is 432 g/mol. The standard InChI is InChI=1S/C26H28N2O4/c1-19-18-20(9-10-22(19)31-17-16-30-2)25(29)27-14-11-26(12-15-27)24-8-5-13-28(24)21-6-3-4-7-23(21)32-26/h3-10,13,18H,11-12,14-17H2,1-2H3. The second-order valence-electron chi connectivity index (χ2n) is 8.44. The van der Waals surface area contributed by atoms with Crippen molar-refractivity contribution >= 4 is 5.91 Å². The van der Waals surface area contributed by atoms with Crippen LogP contribution >= 0.6 is 0 Å². The molecular weight excluding hydrogens is 404 g/mol. The van der Waals surface area contributed by atoms with Gasteiger partial charge < -0.3 is 23.7 Å². The molecule has 32 heavy (non-hydrogen) atoms. The van der Waals surface area contributed by atoms with Crippen LogP contribution < -0.4 is 9.47 Å². The molecule has 166 valence electrons. The van der Waals surface area contributed by atoms with Gasteiger partial charge in [0, 0.05) is 44.8 Å². The summed E-state index contributed by atoms with van der Waals surface area (Å²) < 4.78 is 19.5. The molecule has 1 spiro atoms. The SMILES string of the molecule is COCCOc1ccc(C(=O)N2CCC3(CC2)Oc2ccccc2-n2cccc23)cc1C. The van der Waals surface area contributed by atoms with Crippen molar-refractivity contribution in [3.05, 3.63) is 77.6 Å². The molecule has 0 saturated carbocycles. The van der Waals surface area contributed by atoms with Gasteiger partial charge >= 0.3 is 0 Å². The van der Waals surface area contributed by atoms with Gasteiger partial charge in [-0.1, -0.05) is 12.1 Å². The first-order valence-electron chi connectivity index (χ1n) is 11.1. The minimum atomic E-state index is -0.399. The number of rotatable bonds is 5. The summed E-state index contributed by atoms with van der Waals surface area (Å²) in [5.74, 6) is 1.74. The Morgan fingerprint density at radius 2 is 1.88 bits per heavy atom. The van der Waals surface area contributed by atoms with Crippen molar-refractivity contribution in [3.8, 4) is 17.2 Å². The minimum Gasteiger partial charge on any atom is -0.491 e. The van der Waals surface area contributed by atoms with Crippen molar-refractivity contribution < 1.29 is 19.0 Å². The predicted molar refractivity (Wildman–Crippen MR) is 122 cm³/mol. The lowest BCUT2D eigenvalue weighted by molar-refractivity contribution is -0.00931. The zero-order valence-corrected chi connectivity index (χ0v) is 18.5. The second kappa shape index (κ2) is 8.36. The zero-order chi connectivity index (χ0) is 22.1. The van der Waals surface area contributed by atoms with E-state index in [2.05, 4.69) is 29.0 Å². The quantitative estimate of drug-likeness (QED) is 0.563. The van der Waals surface area contributed by atoms with E-state index in [1.807, 2.05) is 48.2 Å². The van der Waals surface area contributed by atoms with Gasteiger partial charge in [0.2, 0.25) is 0 Å². The van der Waals surface area contributed by atoms with E-state index < -0.39 is 5.60 Å². The summed E-state index contributed by atoms with van der Waals surface area (Å²) in [5.41, 5.74) is 3.47. The number of hydrogen-bond donors (Lipinski definition) is 0. The first-order chi connectivity index (χ1) is 15.6. The van der Waals surface area contributed by atoms with E-state index in [1.54, 1.807) is 7.11 Å². The van der Waals surface area contributed by atoms with Gasteiger partial charge in [-0.2, -0.15) is 0 Å². The Labute approximate surface area is 188 Å². The van der Waals surface area contributed by atoms with Gasteiger partial charge in [0.1, 0.15) is 18.1 Å². The summed E-state index contributed by atoms with van der Waals surface area (Å²) in [7, 11) is 1.65. The molecular formula is C26H28N2O4. The number of ether oxygens (including phenoxy) is 3. The Balaban J connectivity index is 1.30. The third-order valence-corrected chi connectivity index (χ3v) is 6.47. The first kappa shape index (κ1) is 20.6. The number of para-hydroxylation sites is 2. The van der Waals surface area contributed by atoms with Crippen LogP contribution in [-0.4, -0.2) is 48.8 Å². The van der Waals surface area contributed by atoms with E-state index in [4.69, 9.17) is 14.2 Å². The lowest BCUT2D eigenvalue weighted by atomic mass is 9.86. The average Bonchev–Trinajstić information content (AvgIpc) is 3.32. The highest BCUT2D eigenvalue weighted by molar-refractivity contribution is 5.94. The number of carbonyl (C=O) groups is 1. The molecule has 1 aromatic heterocycles. The summed E-state index contributed by atoms with van der Waals surface area (Å²) in [4.78, 5) is 15.1. The van der Waals surface area contributed by atoms with Crippen LogP contribution in [0.5, 0.6) is 11.5 Å². The fourth-order valence-electron chi connectivity index (χ4n) is 4.76. The molecule has 0 aliphatic carbocycles. The smallest absolute Gasteiger partial charge is 0.253 e. The zero-order valence-electron chi connectivity index (χ0n) is 18.5. The predicted octanol–water partition coefficient (Wildman–Crippen LogP) is 4.33. The number of amides is 1. The maximum absolute atomic E-state index is 13.2. The van der Waals surface area contributed by atoms with Gasteiger partial charge in [-0.25, -0.2) is 0 Å². The average molecular weight is 433 g/mol. The molecule has 2 aliphatic rings. The number of carbonyl (C=O) groups excluding carboxylic acids is 1. The maximum atomic E-state index is 13.2. The number of aryl methyl sites for hydroxylation is 1. The van der Waals surface area contributed by atoms with Gasteiger partial charge in [0.25, 0.3) is 5.91 Å². The highest BCUT2D eigenvalue weighted by Crippen LogP contribution is 2.45. The molecule has 1 amide bonds. The molecule has 0 atom stereocenters. The molecule has 5 rings (SSSR count). The Hall–Kier alpha value is -3.25. The van der Waals surface area contributed by atoms with Gasteiger partial charge in [-0.05, 0) is 55.0 Å². The third kappa shape index (κ3) is 3.54. The van der Waals surface area contributed by atoms with E-state index in [1.165, 1.54) is 0 Å². The number of piperidine rings is 1. The normalized spacial score (nSPS) is 16.2. The molecule has 6 heteroatoms. The van der Waals surface area contributed by atoms with Gasteiger partial charge in [0.05, 0.1) is 18.0 Å². The van der Waals surface area contributed by atoms with Gasteiger partial charge in [0.15, 0.2) is 5.60 Å². The highest BCUT2D eigenvalue weighted by Gasteiger charge is 2.44. The molecule has 0 unspecified atom stereocenters. The Kier molecular flexibility index (Phi) is 5.39. The number of aromatic nitrogens is 1. The van der Waals surface area contributed by atoms with E-state index >= 15 is 0 Å². The van der Waals surface area contributed by atoms with E-state index in [-0.39, 0.29) is 5.91 Å². The summed E-state index contributed by atoms with van der Waals surface area (Å²) >= 11 is 0. The summed E-state index contributed by atoms with van der Waals surface area (Å²) in [5, 5.41) is 0. The molecule has 6 nitrogen and oxygen atoms in total. The third-order valence-electron chi connectivity index (χ3n) is 6.47. The molecule has 3 aromatic rings. The molecule has 2 aromatic carbocycles. The van der Waals surface area contributed by atoms with Crippen molar-refractivity contribution in [2.45, 2.75) is 25.4 Å². The van der Waals surface area contributed by atoms with Crippen LogP contribution in [0.4, 0.5) is 0 Å². The van der Waals surface area contributed by atoms with E-state index in [0.717, 1.165) is 41.3 Å². The van der Waals surface area contributed by atoms with Crippen molar-refractivity contribution in [1.29, 1.82) is 0 Å². The number of likely N-dealkylation sites (tertiary alicyclic amines) is 1. The van der Waals surface area contributed by atoms with Crippen LogP contribution in [0.1, 0.15) is 34.5 Å². The fraction of sp³-hybridized carbons (Fsp3) is 0.346. The molecule has 3 heterocycles. The van der Waals surface area contributed by atoms with Crippen LogP contribution in [0.3, 0.4) is 0 Å². The van der Waals surface area contributed by atoms with Crippen molar-refractivity contribution in [2.75, 3.05) is 33.4 Å². The topological polar surface area (TPSA) is 52.9 Å². The Morgan fingerprint density at radius 3 is 2.66 bits per heavy atom. The second-order valence-corrected chi connectivity index (χ2v) is 8.44. The molecule has 0 N–H and O–H groups in total. The van der Waals surface area contributed by atoms with Crippen LogP contribution in [0, 0.1) is 6.92 Å². The largest absolute Gasteiger partial charge is 0.491 e. The van der Waals surface area contributed by atoms with Crippen molar-refractivity contribution in [3.63, 3.8) is 0 Å². The minimum absolute atomic E-state index is 0.0537. The summed E-state index contributed by atoms with van der Waals surface area (Å²) in [6.07, 6.45) is 3.61. The van der Waals surface area contributed by atoms with E-state index in [0.29, 0.717) is 31.9 Å². The lowest BCUT2D eigenvalue weighted by Crippen LogP contribution is -2.50. The number of nitrogens with zero attached hydrogens (tertiary/aromatic N) is 2. The molecule has 1 fully saturated rings. The Bertz CT molecular complexity index is 1130. The van der Waals surface area contributed by atoms with Crippen LogP contribution in [-0.2, 0) is 10.3 Å². The van der Waals surface area contributed by atoms with Crippen LogP contribution in [0.25, 0.3) is 5.69 Å². The van der Waals surface area contributed by atoms with Gasteiger partial charge in [-0.15, -0.1) is 0 Å². The summed E-state index contributed by atoms with van der Waals surface area (Å²) in [6, 6.07) is 18.0. The number of methoxy groups -OCH3 is 1. The molecule has 2 aliphatic heterocycles. The Morgan fingerprint density at radius 1 is 1.06 bits per heavy atom. The van der Waals surface area contributed by atoms with Crippen molar-refractivity contribution in [1.82, 2.24) is 9.47 Å². The lowest BCUT2D eigenvalue weighted by Gasteiger charge is -2.45. The number of hydrogen-bond acceptors (Lipinski definition) is 4. The van der Waals surface area contributed by atoms with Crippen LogP contribution in [0.2, 0.25) is 0 Å². The number of benzene rings is 2. The van der Waals surface area contributed by atoms with Crippen LogP contribution in [0.15, 0.2) is 60.8 Å². The number of fused-ring (bicyclic) bond motifs is 4. The maximum Gasteiger partial charge on any atom is 0.253 e. The van der Waals surface area contributed by atoms with E-state index in [9.17, 15) is 4.79 Å². The first-order valence-corrected chi connectivity index (χ1v) is 11.1.